The summed E-state index contributed by atoms with van der Waals surface area (Å²) < 4.78 is 2.94. The Morgan fingerprint density at radius 3 is 2.67 bits per heavy atom. The number of H-pyrrole nitrogens is 1. The van der Waals surface area contributed by atoms with Gasteiger partial charge in [0.2, 0.25) is 5.95 Å². The molecule has 0 aliphatic heterocycles. The molecule has 1 heterocycles. The van der Waals surface area contributed by atoms with Crippen molar-refractivity contribution in [3.8, 4) is 0 Å². The van der Waals surface area contributed by atoms with Crippen molar-refractivity contribution in [3.63, 3.8) is 0 Å². The summed E-state index contributed by atoms with van der Waals surface area (Å²) in [6.45, 7) is 2.12. The number of hydrogen-bond donors (Lipinski definition) is 1. The minimum Gasteiger partial charge on any atom is -0.313 e. The molecule has 1 aliphatic carbocycles. The normalized spacial score (nSPS) is 16.1. The Morgan fingerprint density at radius 2 is 1.95 bits per heavy atom. The van der Waals surface area contributed by atoms with Gasteiger partial charge in [-0.1, -0.05) is 37.5 Å². The van der Waals surface area contributed by atoms with Crippen LogP contribution in [0.5, 0.6) is 0 Å². The molecule has 0 radical (unpaired) electrons. The first kappa shape index (κ1) is 14.3. The summed E-state index contributed by atoms with van der Waals surface area (Å²) in [5.74, 6) is 0.918. The number of rotatable bonds is 3. The van der Waals surface area contributed by atoms with Crippen LogP contribution in [-0.2, 0) is 0 Å². The molecule has 1 aromatic carbocycles. The van der Waals surface area contributed by atoms with Crippen molar-refractivity contribution in [1.29, 1.82) is 0 Å². The molecule has 0 unspecified atom stereocenters. The largest absolute Gasteiger partial charge is 0.313 e. The number of benzene rings is 1. The molecule has 0 amide bonds. The summed E-state index contributed by atoms with van der Waals surface area (Å²) in [4.78, 5) is 2.14. The fourth-order valence-corrected chi connectivity index (χ4v) is 3.53. The lowest BCUT2D eigenvalue weighted by molar-refractivity contribution is 0.351. The maximum atomic E-state index is 5.47. The zero-order valence-electron chi connectivity index (χ0n) is 12.7. The fourth-order valence-electron chi connectivity index (χ4n) is 3.25. The molecular formula is C16H22N4S. The van der Waals surface area contributed by atoms with E-state index >= 15 is 0 Å². The number of aromatic nitrogens is 3. The minimum absolute atomic E-state index is 0.478. The van der Waals surface area contributed by atoms with E-state index in [1.54, 1.807) is 0 Å². The molecule has 4 nitrogen and oxygen atoms in total. The van der Waals surface area contributed by atoms with Gasteiger partial charge < -0.3 is 4.90 Å². The number of aromatic amines is 1. The maximum Gasteiger partial charge on any atom is 0.230 e. The maximum absolute atomic E-state index is 5.47. The third-order valence-corrected chi connectivity index (χ3v) is 4.69. The van der Waals surface area contributed by atoms with Gasteiger partial charge >= 0.3 is 0 Å². The van der Waals surface area contributed by atoms with E-state index in [1.165, 1.54) is 43.4 Å². The lowest BCUT2D eigenvalue weighted by atomic mass is 9.95. The van der Waals surface area contributed by atoms with Crippen molar-refractivity contribution >= 4 is 23.9 Å². The average Bonchev–Trinajstić information content (AvgIpc) is 2.90. The molecule has 1 N–H and O–H groups in total. The van der Waals surface area contributed by atoms with Gasteiger partial charge in [0.15, 0.2) is 4.77 Å². The molecule has 3 rings (SSSR count). The smallest absolute Gasteiger partial charge is 0.230 e. The van der Waals surface area contributed by atoms with Crippen LogP contribution in [0.4, 0.5) is 11.6 Å². The Kier molecular flexibility index (Phi) is 4.10. The van der Waals surface area contributed by atoms with Gasteiger partial charge in [0.05, 0.1) is 0 Å². The lowest BCUT2D eigenvalue weighted by Crippen LogP contribution is -2.21. The molecular weight excluding hydrogens is 280 g/mol. The molecule has 5 heteroatoms. The number of nitrogens with zero attached hydrogens (tertiary/aromatic N) is 3. The van der Waals surface area contributed by atoms with Gasteiger partial charge in [0.1, 0.15) is 0 Å². The van der Waals surface area contributed by atoms with Gasteiger partial charge in [-0.3, -0.25) is 4.57 Å². The van der Waals surface area contributed by atoms with Crippen LogP contribution < -0.4 is 4.90 Å². The highest BCUT2D eigenvalue weighted by Crippen LogP contribution is 2.33. The van der Waals surface area contributed by atoms with Crippen molar-refractivity contribution in [3.05, 3.63) is 34.6 Å². The minimum atomic E-state index is 0.478. The van der Waals surface area contributed by atoms with Crippen LogP contribution in [0.25, 0.3) is 0 Å². The van der Waals surface area contributed by atoms with Crippen LogP contribution in [0.2, 0.25) is 0 Å². The zero-order chi connectivity index (χ0) is 14.8. The van der Waals surface area contributed by atoms with E-state index in [2.05, 4.69) is 57.9 Å². The Balaban J connectivity index is 1.99. The molecule has 0 saturated heterocycles. The van der Waals surface area contributed by atoms with E-state index in [1.807, 2.05) is 0 Å². The van der Waals surface area contributed by atoms with E-state index in [0.29, 0.717) is 6.04 Å². The van der Waals surface area contributed by atoms with Gasteiger partial charge in [0.25, 0.3) is 0 Å². The van der Waals surface area contributed by atoms with E-state index in [4.69, 9.17) is 12.2 Å². The Hall–Kier alpha value is -1.62. The molecule has 1 aromatic heterocycles. The summed E-state index contributed by atoms with van der Waals surface area (Å²) >= 11 is 5.47. The molecule has 2 aromatic rings. The molecule has 0 spiro atoms. The first-order valence-corrected chi connectivity index (χ1v) is 8.05. The summed E-state index contributed by atoms with van der Waals surface area (Å²) in [5, 5.41) is 7.46. The lowest BCUT2D eigenvalue weighted by Gasteiger charge is -2.27. The number of nitrogens with one attached hydrogen (secondary N) is 1. The predicted octanol–water partition coefficient (Wildman–Crippen LogP) is 4.52. The summed E-state index contributed by atoms with van der Waals surface area (Å²) in [6.07, 6.45) is 6.30. The molecule has 21 heavy (non-hydrogen) atoms. The average molecular weight is 302 g/mol. The van der Waals surface area contributed by atoms with Crippen LogP contribution in [-0.4, -0.2) is 21.8 Å². The monoisotopic (exact) mass is 302 g/mol. The Morgan fingerprint density at radius 1 is 1.24 bits per heavy atom. The fraction of sp³-hybridized carbons (Fsp3) is 0.500. The predicted molar refractivity (Wildman–Crippen MR) is 88.8 cm³/mol. The van der Waals surface area contributed by atoms with Crippen LogP contribution >= 0.6 is 12.2 Å². The van der Waals surface area contributed by atoms with Crippen molar-refractivity contribution in [2.75, 3.05) is 11.9 Å². The summed E-state index contributed by atoms with van der Waals surface area (Å²) in [5.41, 5.74) is 2.41. The van der Waals surface area contributed by atoms with Gasteiger partial charge in [-0.25, -0.2) is 5.10 Å². The molecule has 0 atom stereocenters. The SMILES string of the molecule is Cc1ccccc1N(C)c1n[nH]c(=S)n1C1CCCCC1. The number of para-hydroxylation sites is 1. The van der Waals surface area contributed by atoms with Crippen LogP contribution in [0.1, 0.15) is 43.7 Å². The third kappa shape index (κ3) is 2.75. The molecule has 1 fully saturated rings. The molecule has 112 valence electrons. The number of aryl methyl sites for hydroxylation is 1. The standard InChI is InChI=1S/C16H22N4S/c1-12-8-6-7-11-14(12)19(2)15-17-18-16(21)20(15)13-9-4-3-5-10-13/h6-8,11,13H,3-5,9-10H2,1-2H3,(H,18,21). The quantitative estimate of drug-likeness (QED) is 0.847. The second-order valence-corrected chi connectivity index (χ2v) is 6.22. The highest BCUT2D eigenvalue weighted by molar-refractivity contribution is 7.71. The van der Waals surface area contributed by atoms with Crippen LogP contribution in [0.15, 0.2) is 24.3 Å². The van der Waals surface area contributed by atoms with E-state index in [0.717, 1.165) is 10.7 Å². The second-order valence-electron chi connectivity index (χ2n) is 5.84. The van der Waals surface area contributed by atoms with Gasteiger partial charge in [-0.05, 0) is 43.6 Å². The Labute approximate surface area is 130 Å². The van der Waals surface area contributed by atoms with Crippen molar-refractivity contribution < 1.29 is 0 Å². The van der Waals surface area contributed by atoms with E-state index in [9.17, 15) is 0 Å². The second kappa shape index (κ2) is 6.02. The third-order valence-electron chi connectivity index (χ3n) is 4.40. The van der Waals surface area contributed by atoms with Crippen molar-refractivity contribution in [1.82, 2.24) is 14.8 Å². The zero-order valence-corrected chi connectivity index (χ0v) is 13.5. The molecule has 0 bridgehead atoms. The van der Waals surface area contributed by atoms with Crippen molar-refractivity contribution in [2.24, 2.45) is 0 Å². The highest BCUT2D eigenvalue weighted by Gasteiger charge is 2.22. The topological polar surface area (TPSA) is 36.9 Å². The molecule has 1 aliphatic rings. The summed E-state index contributed by atoms with van der Waals surface area (Å²) in [6, 6.07) is 8.85. The Bertz CT molecular complexity index is 667. The van der Waals surface area contributed by atoms with Gasteiger partial charge in [-0.15, -0.1) is 5.10 Å². The highest BCUT2D eigenvalue weighted by atomic mass is 32.1. The first-order chi connectivity index (χ1) is 10.2. The number of anilines is 2. The number of hydrogen-bond acceptors (Lipinski definition) is 3. The van der Waals surface area contributed by atoms with Gasteiger partial charge in [0, 0.05) is 18.8 Å². The summed E-state index contributed by atoms with van der Waals surface area (Å²) in [7, 11) is 2.06. The van der Waals surface area contributed by atoms with E-state index < -0.39 is 0 Å². The van der Waals surface area contributed by atoms with Gasteiger partial charge in [-0.2, -0.15) is 0 Å². The van der Waals surface area contributed by atoms with Crippen LogP contribution in [0, 0.1) is 11.7 Å². The first-order valence-electron chi connectivity index (χ1n) is 7.65. The molecule has 1 saturated carbocycles. The van der Waals surface area contributed by atoms with Crippen LogP contribution in [0.3, 0.4) is 0 Å². The van der Waals surface area contributed by atoms with E-state index in [-0.39, 0.29) is 0 Å². The van der Waals surface area contributed by atoms with Crippen molar-refractivity contribution in [2.45, 2.75) is 45.1 Å².